The van der Waals surface area contributed by atoms with Crippen molar-refractivity contribution < 1.29 is 9.53 Å². The third-order valence-corrected chi connectivity index (χ3v) is 6.31. The number of nitrogens with one attached hydrogen (secondary N) is 1. The van der Waals surface area contributed by atoms with E-state index in [1.165, 1.54) is 0 Å². The second-order valence-electron chi connectivity index (χ2n) is 6.88. The quantitative estimate of drug-likeness (QED) is 0.380. The first-order valence-electron chi connectivity index (χ1n) is 9.49. The van der Waals surface area contributed by atoms with E-state index in [1.807, 2.05) is 30.7 Å². The number of carbonyl (C=O) groups is 1. The van der Waals surface area contributed by atoms with Crippen molar-refractivity contribution in [1.82, 2.24) is 15.1 Å². The molecule has 3 rings (SSSR count). The first-order chi connectivity index (χ1) is 14.3. The summed E-state index contributed by atoms with van der Waals surface area (Å²) in [6, 6.07) is 12.4. The van der Waals surface area contributed by atoms with Gasteiger partial charge in [-0.2, -0.15) is 5.10 Å². The summed E-state index contributed by atoms with van der Waals surface area (Å²) in [6.07, 6.45) is 0.800. The molecular formula is C22H22BrCl2N3O2. The lowest BCUT2D eigenvalue weighted by Crippen LogP contribution is -2.25. The zero-order chi connectivity index (χ0) is 21.7. The van der Waals surface area contributed by atoms with Crippen LogP contribution in [0.5, 0.6) is 5.75 Å². The molecule has 0 radical (unpaired) electrons. The maximum atomic E-state index is 12.3. The van der Waals surface area contributed by atoms with Crippen LogP contribution in [0.15, 0.2) is 46.9 Å². The molecule has 0 saturated carbocycles. The van der Waals surface area contributed by atoms with Gasteiger partial charge < -0.3 is 10.1 Å². The van der Waals surface area contributed by atoms with E-state index >= 15 is 0 Å². The van der Waals surface area contributed by atoms with Crippen LogP contribution in [0.1, 0.15) is 33.7 Å². The second-order valence-corrected chi connectivity index (χ2v) is 8.51. The highest BCUT2D eigenvalue weighted by atomic mass is 79.9. The predicted octanol–water partition coefficient (Wildman–Crippen LogP) is 5.97. The van der Waals surface area contributed by atoms with Crippen LogP contribution in [-0.4, -0.2) is 22.2 Å². The lowest BCUT2D eigenvalue weighted by molar-refractivity contribution is 0.0952. The maximum Gasteiger partial charge on any atom is 0.251 e. The van der Waals surface area contributed by atoms with Gasteiger partial charge in [-0.1, -0.05) is 35.3 Å². The summed E-state index contributed by atoms with van der Waals surface area (Å²) >= 11 is 15.5. The molecule has 8 heteroatoms. The molecule has 0 atom stereocenters. The van der Waals surface area contributed by atoms with E-state index in [0.717, 1.165) is 34.4 Å². The van der Waals surface area contributed by atoms with Gasteiger partial charge in [-0.05, 0) is 72.1 Å². The Hall–Kier alpha value is -2.02. The lowest BCUT2D eigenvalue weighted by Gasteiger charge is -2.09. The van der Waals surface area contributed by atoms with Gasteiger partial charge in [0.2, 0.25) is 0 Å². The van der Waals surface area contributed by atoms with Gasteiger partial charge in [0.25, 0.3) is 5.91 Å². The minimum absolute atomic E-state index is 0.0993. The Balaban J connectivity index is 1.45. The maximum absolute atomic E-state index is 12.3. The molecule has 1 aromatic heterocycles. The predicted molar refractivity (Wildman–Crippen MR) is 124 cm³/mol. The summed E-state index contributed by atoms with van der Waals surface area (Å²) in [5.41, 5.74) is 3.61. The van der Waals surface area contributed by atoms with Gasteiger partial charge >= 0.3 is 0 Å². The van der Waals surface area contributed by atoms with Crippen LogP contribution in [0, 0.1) is 13.8 Å². The molecule has 0 spiro atoms. The lowest BCUT2D eigenvalue weighted by atomic mass is 10.1. The fourth-order valence-corrected chi connectivity index (χ4v) is 3.68. The molecule has 0 aliphatic rings. The van der Waals surface area contributed by atoms with Gasteiger partial charge in [-0.25, -0.2) is 0 Å². The van der Waals surface area contributed by atoms with Crippen molar-refractivity contribution in [3.8, 4) is 5.75 Å². The number of aryl methyl sites for hydroxylation is 2. The number of halogens is 3. The highest BCUT2D eigenvalue weighted by Gasteiger charge is 2.09. The molecule has 5 nitrogen and oxygen atoms in total. The van der Waals surface area contributed by atoms with Gasteiger partial charge in [0.05, 0.1) is 15.2 Å². The summed E-state index contributed by atoms with van der Waals surface area (Å²) in [5.74, 6) is 0.468. The van der Waals surface area contributed by atoms with Crippen LogP contribution in [0.3, 0.4) is 0 Å². The van der Waals surface area contributed by atoms with Crippen LogP contribution in [0.25, 0.3) is 0 Å². The fraction of sp³-hybridized carbons (Fsp3) is 0.273. The Morgan fingerprint density at radius 2 is 1.90 bits per heavy atom. The second kappa shape index (κ2) is 10.3. The molecule has 158 valence electrons. The Morgan fingerprint density at radius 3 is 2.53 bits per heavy atom. The number of hydrogen-bond acceptors (Lipinski definition) is 3. The number of amides is 1. The number of hydrogen-bond donors (Lipinski definition) is 1. The molecule has 30 heavy (non-hydrogen) atoms. The zero-order valence-corrected chi connectivity index (χ0v) is 19.8. The van der Waals surface area contributed by atoms with Crippen molar-refractivity contribution in [3.63, 3.8) is 0 Å². The molecular weight excluding hydrogens is 489 g/mol. The monoisotopic (exact) mass is 509 g/mol. The Morgan fingerprint density at radius 1 is 1.17 bits per heavy atom. The molecule has 0 aliphatic heterocycles. The van der Waals surface area contributed by atoms with E-state index in [4.69, 9.17) is 27.9 Å². The molecule has 0 fully saturated rings. The number of ether oxygens (including phenoxy) is 1. The van der Waals surface area contributed by atoms with Crippen molar-refractivity contribution in [2.24, 2.45) is 0 Å². The van der Waals surface area contributed by atoms with E-state index in [2.05, 4.69) is 26.3 Å². The van der Waals surface area contributed by atoms with E-state index in [9.17, 15) is 4.79 Å². The highest BCUT2D eigenvalue weighted by Crippen LogP contribution is 2.28. The molecule has 1 N–H and O–H groups in total. The minimum Gasteiger partial charge on any atom is -0.487 e. The van der Waals surface area contributed by atoms with Crippen molar-refractivity contribution >= 4 is 45.0 Å². The van der Waals surface area contributed by atoms with Crippen LogP contribution in [-0.2, 0) is 13.2 Å². The number of nitrogens with zero attached hydrogens (tertiary/aromatic N) is 2. The van der Waals surface area contributed by atoms with Crippen molar-refractivity contribution in [3.05, 3.63) is 79.5 Å². The van der Waals surface area contributed by atoms with Crippen LogP contribution in [0.4, 0.5) is 0 Å². The Kier molecular flexibility index (Phi) is 7.81. The summed E-state index contributed by atoms with van der Waals surface area (Å²) in [7, 11) is 0. The highest BCUT2D eigenvalue weighted by molar-refractivity contribution is 9.10. The van der Waals surface area contributed by atoms with Gasteiger partial charge in [0.1, 0.15) is 12.4 Å². The zero-order valence-electron chi connectivity index (χ0n) is 16.7. The molecule has 1 heterocycles. The average Bonchev–Trinajstić information content (AvgIpc) is 2.97. The van der Waals surface area contributed by atoms with E-state index < -0.39 is 0 Å². The molecule has 1 amide bonds. The molecule has 0 bridgehead atoms. The van der Waals surface area contributed by atoms with Crippen LogP contribution < -0.4 is 10.1 Å². The van der Waals surface area contributed by atoms with Gasteiger partial charge in [-0.3, -0.25) is 9.48 Å². The first-order valence-corrected chi connectivity index (χ1v) is 11.0. The largest absolute Gasteiger partial charge is 0.487 e. The van der Waals surface area contributed by atoms with Crippen LogP contribution in [0.2, 0.25) is 10.0 Å². The molecule has 2 aromatic carbocycles. The topological polar surface area (TPSA) is 56.2 Å². The molecule has 0 saturated heterocycles. The number of aromatic nitrogens is 2. The summed E-state index contributed by atoms with van der Waals surface area (Å²) < 4.78 is 8.70. The SMILES string of the molecule is Cc1nn(CCCNC(=O)c2ccc(COc3ccc(Cl)cc3Cl)cc2)c(C)c1Br. The van der Waals surface area contributed by atoms with E-state index in [0.29, 0.717) is 34.5 Å². The summed E-state index contributed by atoms with van der Waals surface area (Å²) in [6.45, 7) is 5.67. The first kappa shape index (κ1) is 22.7. The number of benzene rings is 2. The number of carbonyl (C=O) groups excluding carboxylic acids is 1. The fourth-order valence-electron chi connectivity index (χ4n) is 2.93. The third-order valence-electron chi connectivity index (χ3n) is 4.63. The van der Waals surface area contributed by atoms with Gasteiger partial charge in [-0.15, -0.1) is 0 Å². The average molecular weight is 511 g/mol. The van der Waals surface area contributed by atoms with E-state index in [1.54, 1.807) is 30.3 Å². The molecule has 3 aromatic rings. The molecule has 0 aliphatic carbocycles. The number of rotatable bonds is 8. The molecule has 0 unspecified atom stereocenters. The third kappa shape index (κ3) is 5.78. The Labute approximate surface area is 194 Å². The normalized spacial score (nSPS) is 10.8. The van der Waals surface area contributed by atoms with Crippen LogP contribution >= 0.6 is 39.1 Å². The Bertz CT molecular complexity index is 1040. The van der Waals surface area contributed by atoms with Gasteiger partial charge in [0, 0.05) is 29.4 Å². The summed E-state index contributed by atoms with van der Waals surface area (Å²) in [4.78, 5) is 12.3. The van der Waals surface area contributed by atoms with Crippen molar-refractivity contribution in [2.45, 2.75) is 33.4 Å². The van der Waals surface area contributed by atoms with Gasteiger partial charge in [0.15, 0.2) is 0 Å². The standard InChI is InChI=1S/C22H22BrCl2N3O2/c1-14-21(23)15(2)28(27-14)11-3-10-26-22(29)17-6-4-16(5-7-17)13-30-20-9-8-18(24)12-19(20)25/h4-9,12H,3,10-11,13H2,1-2H3,(H,26,29). The summed E-state index contributed by atoms with van der Waals surface area (Å²) in [5, 5.41) is 8.45. The minimum atomic E-state index is -0.0993. The van der Waals surface area contributed by atoms with E-state index in [-0.39, 0.29) is 5.91 Å². The van der Waals surface area contributed by atoms with Crippen molar-refractivity contribution in [1.29, 1.82) is 0 Å². The smallest absolute Gasteiger partial charge is 0.251 e. The van der Waals surface area contributed by atoms with Crippen molar-refractivity contribution in [2.75, 3.05) is 6.54 Å².